The van der Waals surface area contributed by atoms with Gasteiger partial charge in [0.1, 0.15) is 17.9 Å². The van der Waals surface area contributed by atoms with Crippen molar-refractivity contribution in [3.8, 4) is 6.07 Å². The maximum Gasteiger partial charge on any atom is 0.314 e. The number of hydrogen-bond acceptors (Lipinski definition) is 6. The highest BCUT2D eigenvalue weighted by Gasteiger charge is 2.63. The van der Waals surface area contributed by atoms with Crippen LogP contribution in [0.1, 0.15) is 17.2 Å². The van der Waals surface area contributed by atoms with E-state index in [0.717, 1.165) is 0 Å². The highest BCUT2D eigenvalue weighted by atomic mass is 16.6. The molecule has 0 N–H and O–H groups in total. The van der Waals surface area contributed by atoms with Crippen LogP contribution in [0, 0.1) is 23.2 Å². The topological polar surface area (TPSA) is 85.6 Å². The first-order chi connectivity index (χ1) is 13.1. The van der Waals surface area contributed by atoms with Gasteiger partial charge in [0.25, 0.3) is 0 Å². The van der Waals surface area contributed by atoms with Gasteiger partial charge in [0, 0.05) is 0 Å². The fourth-order valence-corrected chi connectivity index (χ4v) is 3.62. The highest BCUT2D eigenvalue weighted by Crippen LogP contribution is 2.53. The number of esters is 2. The molecule has 27 heavy (non-hydrogen) atoms. The van der Waals surface area contributed by atoms with E-state index in [0.29, 0.717) is 11.1 Å². The monoisotopic (exact) mass is 365 g/mol. The summed E-state index contributed by atoms with van der Waals surface area (Å²) in [5.74, 6) is -3.53. The van der Waals surface area contributed by atoms with Gasteiger partial charge >= 0.3 is 11.9 Å². The van der Waals surface area contributed by atoms with E-state index in [4.69, 9.17) is 14.2 Å². The zero-order valence-electron chi connectivity index (χ0n) is 15.0. The summed E-state index contributed by atoms with van der Waals surface area (Å²) in [6.07, 6.45) is -0.831. The Labute approximate surface area is 157 Å². The van der Waals surface area contributed by atoms with Gasteiger partial charge in [-0.2, -0.15) is 5.26 Å². The SMILES string of the molecule is COC(=O)[C@H]1[C@@H](C(=O)OC)[C@@](C#N)(c2ccccc2)O[C@H]1c1ccccc1. The third-order valence-electron chi connectivity index (χ3n) is 4.86. The molecule has 1 aliphatic heterocycles. The summed E-state index contributed by atoms with van der Waals surface area (Å²) < 4.78 is 16.1. The minimum absolute atomic E-state index is 0.482. The van der Waals surface area contributed by atoms with Crippen molar-refractivity contribution < 1.29 is 23.8 Å². The zero-order chi connectivity index (χ0) is 19.4. The second-order valence-corrected chi connectivity index (χ2v) is 6.21. The number of carbonyl (C=O) groups excluding carboxylic acids is 2. The molecule has 6 heteroatoms. The van der Waals surface area contributed by atoms with Crippen LogP contribution in [0.3, 0.4) is 0 Å². The Balaban J connectivity index is 2.23. The first kappa shape index (κ1) is 18.6. The van der Waals surface area contributed by atoms with E-state index >= 15 is 0 Å². The van der Waals surface area contributed by atoms with Crippen molar-refractivity contribution in [3.63, 3.8) is 0 Å². The molecule has 0 aliphatic carbocycles. The fourth-order valence-electron chi connectivity index (χ4n) is 3.62. The van der Waals surface area contributed by atoms with Crippen molar-refractivity contribution in [1.29, 1.82) is 5.26 Å². The Kier molecular flexibility index (Phi) is 5.24. The number of hydrogen-bond donors (Lipinski definition) is 0. The number of carbonyl (C=O) groups is 2. The predicted octanol–water partition coefficient (Wildman–Crippen LogP) is 2.76. The standard InChI is InChI=1S/C21H19NO5/c1-25-19(23)16-17(20(24)26-2)21(13-22,15-11-7-4-8-12-15)27-18(16)14-9-5-3-6-10-14/h3-12,16-18H,1-2H3/t16-,17-,18-,21+/m0/s1. The second-order valence-electron chi connectivity index (χ2n) is 6.21. The summed E-state index contributed by atoms with van der Waals surface area (Å²) in [4.78, 5) is 25.4. The molecule has 0 aromatic heterocycles. The molecule has 3 rings (SSSR count). The van der Waals surface area contributed by atoms with Crippen LogP contribution in [0.2, 0.25) is 0 Å². The lowest BCUT2D eigenvalue weighted by Crippen LogP contribution is -2.41. The first-order valence-electron chi connectivity index (χ1n) is 8.44. The van der Waals surface area contributed by atoms with Gasteiger partial charge in [0.05, 0.1) is 20.3 Å². The third-order valence-corrected chi connectivity index (χ3v) is 4.86. The van der Waals surface area contributed by atoms with Crippen LogP contribution in [0.25, 0.3) is 0 Å². The van der Waals surface area contributed by atoms with E-state index in [9.17, 15) is 14.9 Å². The molecule has 6 nitrogen and oxygen atoms in total. The van der Waals surface area contributed by atoms with E-state index in [1.54, 1.807) is 54.6 Å². The van der Waals surface area contributed by atoms with Crippen LogP contribution in [-0.4, -0.2) is 26.2 Å². The zero-order valence-corrected chi connectivity index (χ0v) is 15.0. The molecule has 0 bridgehead atoms. The average molecular weight is 365 g/mol. The van der Waals surface area contributed by atoms with Gasteiger partial charge < -0.3 is 14.2 Å². The molecule has 0 spiro atoms. The van der Waals surface area contributed by atoms with Gasteiger partial charge in [-0.05, 0) is 11.1 Å². The molecule has 2 aromatic rings. The van der Waals surface area contributed by atoms with Crippen molar-refractivity contribution in [3.05, 3.63) is 71.8 Å². The van der Waals surface area contributed by atoms with E-state index < -0.39 is 35.5 Å². The molecule has 0 radical (unpaired) electrons. The number of methoxy groups -OCH3 is 2. The number of nitriles is 1. The van der Waals surface area contributed by atoms with E-state index in [1.165, 1.54) is 14.2 Å². The maximum atomic E-state index is 12.7. The van der Waals surface area contributed by atoms with Crippen LogP contribution in [0.4, 0.5) is 0 Å². The lowest BCUT2D eigenvalue weighted by Gasteiger charge is -2.27. The molecule has 0 amide bonds. The minimum atomic E-state index is -1.67. The Morgan fingerprint density at radius 2 is 1.52 bits per heavy atom. The molecular formula is C21H19NO5. The normalized spacial score (nSPS) is 26.8. The molecular weight excluding hydrogens is 346 g/mol. The molecule has 1 saturated heterocycles. The second kappa shape index (κ2) is 7.60. The van der Waals surface area contributed by atoms with Gasteiger partial charge in [0.2, 0.25) is 0 Å². The Bertz CT molecular complexity index is 861. The third kappa shape index (κ3) is 3.07. The van der Waals surface area contributed by atoms with Gasteiger partial charge in [0.15, 0.2) is 5.60 Å². The van der Waals surface area contributed by atoms with Crippen LogP contribution in [-0.2, 0) is 29.4 Å². The van der Waals surface area contributed by atoms with E-state index in [1.807, 2.05) is 6.07 Å². The molecule has 1 aliphatic rings. The Morgan fingerprint density at radius 1 is 0.963 bits per heavy atom. The molecule has 4 atom stereocenters. The summed E-state index contributed by atoms with van der Waals surface area (Å²) in [5, 5.41) is 10.1. The predicted molar refractivity (Wildman–Crippen MR) is 95.0 cm³/mol. The van der Waals surface area contributed by atoms with Crippen LogP contribution >= 0.6 is 0 Å². The number of ether oxygens (including phenoxy) is 3. The molecule has 1 heterocycles. The molecule has 2 aromatic carbocycles. The Hall–Kier alpha value is -3.17. The van der Waals surface area contributed by atoms with Crippen LogP contribution < -0.4 is 0 Å². The van der Waals surface area contributed by atoms with Crippen molar-refractivity contribution in [2.24, 2.45) is 11.8 Å². The fraction of sp³-hybridized carbons (Fsp3) is 0.286. The van der Waals surface area contributed by atoms with E-state index in [2.05, 4.69) is 6.07 Å². The van der Waals surface area contributed by atoms with Gasteiger partial charge in [-0.15, -0.1) is 0 Å². The quantitative estimate of drug-likeness (QED) is 0.775. The number of benzene rings is 2. The summed E-state index contributed by atoms with van der Waals surface area (Å²) >= 11 is 0. The van der Waals surface area contributed by atoms with Gasteiger partial charge in [-0.1, -0.05) is 60.7 Å². The van der Waals surface area contributed by atoms with Gasteiger partial charge in [-0.25, -0.2) is 0 Å². The Morgan fingerprint density at radius 3 is 2.04 bits per heavy atom. The van der Waals surface area contributed by atoms with Crippen molar-refractivity contribution in [2.45, 2.75) is 11.7 Å². The van der Waals surface area contributed by atoms with Crippen molar-refractivity contribution in [1.82, 2.24) is 0 Å². The van der Waals surface area contributed by atoms with Crippen molar-refractivity contribution >= 4 is 11.9 Å². The largest absolute Gasteiger partial charge is 0.469 e. The average Bonchev–Trinajstić information content (AvgIpc) is 3.10. The maximum absolute atomic E-state index is 12.7. The first-order valence-corrected chi connectivity index (χ1v) is 8.44. The summed E-state index contributed by atoms with van der Waals surface area (Å²) in [7, 11) is 2.47. The highest BCUT2D eigenvalue weighted by molar-refractivity contribution is 5.85. The smallest absolute Gasteiger partial charge is 0.314 e. The lowest BCUT2D eigenvalue weighted by molar-refractivity contribution is -0.158. The van der Waals surface area contributed by atoms with Crippen molar-refractivity contribution in [2.75, 3.05) is 14.2 Å². The summed E-state index contributed by atoms with van der Waals surface area (Å²) in [6, 6.07) is 19.8. The number of nitrogens with zero attached hydrogens (tertiary/aromatic N) is 1. The lowest BCUT2D eigenvalue weighted by atomic mass is 9.75. The summed E-state index contributed by atoms with van der Waals surface area (Å²) in [5.41, 5.74) is -0.515. The molecule has 0 unspecified atom stereocenters. The summed E-state index contributed by atoms with van der Waals surface area (Å²) in [6.45, 7) is 0. The molecule has 0 saturated carbocycles. The number of rotatable bonds is 4. The minimum Gasteiger partial charge on any atom is -0.469 e. The molecule has 1 fully saturated rings. The van der Waals surface area contributed by atoms with Crippen LogP contribution in [0.15, 0.2) is 60.7 Å². The van der Waals surface area contributed by atoms with Gasteiger partial charge in [-0.3, -0.25) is 9.59 Å². The van der Waals surface area contributed by atoms with E-state index in [-0.39, 0.29) is 0 Å². The molecule has 138 valence electrons. The van der Waals surface area contributed by atoms with Crippen LogP contribution in [0.5, 0.6) is 0 Å².